The monoisotopic (exact) mass is 395 g/mol. The van der Waals surface area contributed by atoms with E-state index in [2.05, 4.69) is 21.7 Å². The Kier molecular flexibility index (Phi) is 6.38. The molecule has 1 aromatic heterocycles. The quantitative estimate of drug-likeness (QED) is 0.734. The van der Waals surface area contributed by atoms with Crippen molar-refractivity contribution >= 4 is 17.2 Å². The first kappa shape index (κ1) is 19.1. The summed E-state index contributed by atoms with van der Waals surface area (Å²) in [5, 5.41) is 0.688. The van der Waals surface area contributed by atoms with Crippen LogP contribution >= 0.6 is 11.3 Å². The molecule has 3 heterocycles. The number of nitrogens with zero attached hydrogens (tertiary/aromatic N) is 3. The van der Waals surface area contributed by atoms with Crippen LogP contribution in [0.3, 0.4) is 0 Å². The van der Waals surface area contributed by atoms with Crippen LogP contribution in [0.2, 0.25) is 0 Å². The average molecular weight is 396 g/mol. The van der Waals surface area contributed by atoms with Gasteiger partial charge in [-0.1, -0.05) is 24.1 Å². The molecule has 0 bridgehead atoms. The Hall–Kier alpha value is -2.20. The topological polar surface area (TPSA) is 45.7 Å². The fourth-order valence-electron chi connectivity index (χ4n) is 3.82. The van der Waals surface area contributed by atoms with Crippen molar-refractivity contribution in [3.05, 3.63) is 52.0 Å². The summed E-state index contributed by atoms with van der Waals surface area (Å²) in [5.41, 5.74) is 0.951. The molecule has 2 saturated heterocycles. The normalized spacial score (nSPS) is 20.9. The highest BCUT2D eigenvalue weighted by atomic mass is 32.1. The number of morpholine rings is 1. The van der Waals surface area contributed by atoms with Gasteiger partial charge in [0.2, 0.25) is 0 Å². The van der Waals surface area contributed by atoms with Crippen LogP contribution in [-0.4, -0.2) is 66.1 Å². The predicted molar refractivity (Wildman–Crippen MR) is 110 cm³/mol. The zero-order valence-electron chi connectivity index (χ0n) is 16.0. The van der Waals surface area contributed by atoms with Crippen LogP contribution in [0.25, 0.3) is 0 Å². The number of benzene rings is 1. The zero-order chi connectivity index (χ0) is 19.2. The first-order valence-electron chi connectivity index (χ1n) is 9.93. The maximum Gasteiger partial charge on any atom is 0.265 e. The number of hydrogen-bond donors (Lipinski definition) is 0. The molecule has 0 N–H and O–H groups in total. The summed E-state index contributed by atoms with van der Waals surface area (Å²) in [7, 11) is 0. The van der Waals surface area contributed by atoms with Crippen molar-refractivity contribution in [1.82, 2.24) is 14.8 Å². The van der Waals surface area contributed by atoms with Gasteiger partial charge in [0.05, 0.1) is 19.4 Å². The van der Waals surface area contributed by atoms with Crippen molar-refractivity contribution in [2.75, 3.05) is 39.4 Å². The molecule has 6 heteroatoms. The molecule has 2 fully saturated rings. The van der Waals surface area contributed by atoms with Gasteiger partial charge in [-0.3, -0.25) is 9.69 Å². The molecule has 1 atom stereocenters. The predicted octanol–water partition coefficient (Wildman–Crippen LogP) is 2.87. The first-order chi connectivity index (χ1) is 13.8. The fourth-order valence-corrected chi connectivity index (χ4v) is 4.56. The van der Waals surface area contributed by atoms with Crippen molar-refractivity contribution in [3.8, 4) is 11.8 Å². The van der Waals surface area contributed by atoms with Crippen molar-refractivity contribution in [1.29, 1.82) is 0 Å². The van der Waals surface area contributed by atoms with Crippen LogP contribution in [0.5, 0.6) is 0 Å². The Labute approximate surface area is 170 Å². The maximum atomic E-state index is 12.9. The van der Waals surface area contributed by atoms with Gasteiger partial charge in [0.15, 0.2) is 5.01 Å². The van der Waals surface area contributed by atoms with E-state index >= 15 is 0 Å². The molecule has 1 amide bonds. The molecule has 0 spiro atoms. The minimum absolute atomic E-state index is 0.0906. The lowest BCUT2D eigenvalue weighted by Crippen LogP contribution is -2.44. The lowest BCUT2D eigenvalue weighted by molar-refractivity contribution is 0.0135. The van der Waals surface area contributed by atoms with E-state index in [0.29, 0.717) is 15.9 Å². The van der Waals surface area contributed by atoms with E-state index in [0.717, 1.165) is 64.2 Å². The number of rotatable bonds is 2. The third-order valence-corrected chi connectivity index (χ3v) is 6.25. The number of ether oxygens (including phenoxy) is 1. The molecule has 1 unspecified atom stereocenters. The Bertz CT molecular complexity index is 849. The number of aromatic nitrogens is 1. The number of carbonyl (C=O) groups is 1. The minimum Gasteiger partial charge on any atom is -0.379 e. The van der Waals surface area contributed by atoms with Crippen molar-refractivity contribution in [2.45, 2.75) is 25.3 Å². The molecule has 2 aliphatic heterocycles. The second-order valence-electron chi connectivity index (χ2n) is 7.17. The SMILES string of the molecule is O=C(c1cnc(C#Cc2ccccc2)s1)N1CCCC(N2CCOCC2)CC1. The molecule has 4 rings (SSSR count). The number of hydrogen-bond acceptors (Lipinski definition) is 5. The summed E-state index contributed by atoms with van der Waals surface area (Å²) in [6.45, 7) is 5.31. The van der Waals surface area contributed by atoms with Crippen LogP contribution in [-0.2, 0) is 4.74 Å². The summed E-state index contributed by atoms with van der Waals surface area (Å²) in [6, 6.07) is 10.4. The molecule has 2 aromatic rings. The smallest absolute Gasteiger partial charge is 0.265 e. The van der Waals surface area contributed by atoms with E-state index in [4.69, 9.17) is 4.74 Å². The molecule has 0 saturated carbocycles. The van der Waals surface area contributed by atoms with E-state index in [1.807, 2.05) is 35.2 Å². The van der Waals surface area contributed by atoms with Crippen LogP contribution in [0.15, 0.2) is 36.5 Å². The Morgan fingerprint density at radius 2 is 1.89 bits per heavy atom. The summed E-state index contributed by atoms with van der Waals surface area (Å²) >= 11 is 1.39. The Morgan fingerprint density at radius 3 is 2.71 bits per heavy atom. The molecular formula is C22H25N3O2S. The van der Waals surface area contributed by atoms with Crippen LogP contribution in [0.4, 0.5) is 0 Å². The van der Waals surface area contributed by atoms with Gasteiger partial charge in [0.25, 0.3) is 5.91 Å². The Morgan fingerprint density at radius 1 is 1.07 bits per heavy atom. The lowest BCUT2D eigenvalue weighted by Gasteiger charge is -2.33. The summed E-state index contributed by atoms with van der Waals surface area (Å²) in [5.74, 6) is 6.26. The molecule has 5 nitrogen and oxygen atoms in total. The molecule has 28 heavy (non-hydrogen) atoms. The number of carbonyl (C=O) groups excluding carboxylic acids is 1. The second-order valence-corrected chi connectivity index (χ2v) is 8.20. The van der Waals surface area contributed by atoms with Gasteiger partial charge >= 0.3 is 0 Å². The number of likely N-dealkylation sites (tertiary alicyclic amines) is 1. The molecule has 1 aromatic carbocycles. The highest BCUT2D eigenvalue weighted by molar-refractivity contribution is 7.14. The molecule has 146 valence electrons. The third kappa shape index (κ3) is 4.79. The second kappa shape index (κ2) is 9.33. The minimum atomic E-state index is 0.0906. The first-order valence-corrected chi connectivity index (χ1v) is 10.8. The number of amides is 1. The van der Waals surface area contributed by atoms with Gasteiger partial charge in [-0.25, -0.2) is 4.98 Å². The average Bonchev–Trinajstić information content (AvgIpc) is 3.09. The molecule has 2 aliphatic rings. The number of thiazole rings is 1. The van der Waals surface area contributed by atoms with Gasteiger partial charge in [0.1, 0.15) is 4.88 Å². The largest absolute Gasteiger partial charge is 0.379 e. The molecular weight excluding hydrogens is 370 g/mol. The maximum absolute atomic E-state index is 12.9. The van der Waals surface area contributed by atoms with E-state index in [1.165, 1.54) is 11.3 Å². The van der Waals surface area contributed by atoms with Gasteiger partial charge in [-0.05, 0) is 37.3 Å². The van der Waals surface area contributed by atoms with E-state index in [9.17, 15) is 4.79 Å². The summed E-state index contributed by atoms with van der Waals surface area (Å²) < 4.78 is 5.47. The molecule has 0 aliphatic carbocycles. The highest BCUT2D eigenvalue weighted by Gasteiger charge is 2.27. The highest BCUT2D eigenvalue weighted by Crippen LogP contribution is 2.21. The third-order valence-electron chi connectivity index (χ3n) is 5.35. The van der Waals surface area contributed by atoms with Gasteiger partial charge in [-0.2, -0.15) is 0 Å². The van der Waals surface area contributed by atoms with Crippen molar-refractivity contribution in [2.24, 2.45) is 0 Å². The zero-order valence-corrected chi connectivity index (χ0v) is 16.8. The lowest BCUT2D eigenvalue weighted by atomic mass is 10.1. The fraction of sp³-hybridized carbons (Fsp3) is 0.455. The van der Waals surface area contributed by atoms with E-state index in [-0.39, 0.29) is 5.91 Å². The van der Waals surface area contributed by atoms with Crippen LogP contribution < -0.4 is 0 Å². The molecule has 0 radical (unpaired) electrons. The van der Waals surface area contributed by atoms with Gasteiger partial charge < -0.3 is 9.64 Å². The van der Waals surface area contributed by atoms with Gasteiger partial charge in [0, 0.05) is 37.8 Å². The summed E-state index contributed by atoms with van der Waals surface area (Å²) in [6.07, 6.45) is 4.91. The summed E-state index contributed by atoms with van der Waals surface area (Å²) in [4.78, 5) is 22.5. The van der Waals surface area contributed by atoms with Gasteiger partial charge in [-0.15, -0.1) is 11.3 Å². The van der Waals surface area contributed by atoms with Crippen LogP contribution in [0, 0.1) is 11.8 Å². The van der Waals surface area contributed by atoms with Crippen molar-refractivity contribution in [3.63, 3.8) is 0 Å². The van der Waals surface area contributed by atoms with E-state index < -0.39 is 0 Å². The standard InChI is InChI=1S/C22H25N3O2S/c26-22(20-17-23-21(28-20)9-8-18-5-2-1-3-6-18)25-11-4-7-19(10-12-25)24-13-15-27-16-14-24/h1-3,5-6,17,19H,4,7,10-16H2. The van der Waals surface area contributed by atoms with Crippen molar-refractivity contribution < 1.29 is 9.53 Å². The van der Waals surface area contributed by atoms with Crippen LogP contribution in [0.1, 0.15) is 39.5 Å². The Balaban J connectivity index is 1.37. The van der Waals surface area contributed by atoms with E-state index in [1.54, 1.807) is 6.20 Å².